The van der Waals surface area contributed by atoms with E-state index in [9.17, 15) is 9.90 Å². The Kier molecular flexibility index (Phi) is 3.39. The van der Waals surface area contributed by atoms with Crippen molar-refractivity contribution in [2.75, 3.05) is 11.5 Å². The van der Waals surface area contributed by atoms with Crippen molar-refractivity contribution in [2.24, 2.45) is 0 Å². The van der Waals surface area contributed by atoms with Crippen LogP contribution in [0, 0.1) is 0 Å². The zero-order chi connectivity index (χ0) is 9.90. The number of aliphatic hydroxyl groups is 1. The van der Waals surface area contributed by atoms with E-state index in [4.69, 9.17) is 0 Å². The highest BCUT2D eigenvalue weighted by atomic mass is 32.2. The third-order valence-corrected chi connectivity index (χ3v) is 3.31. The van der Waals surface area contributed by atoms with Crippen LogP contribution < -0.4 is 5.32 Å². The fourth-order valence-corrected chi connectivity index (χ4v) is 2.37. The summed E-state index contributed by atoms with van der Waals surface area (Å²) in [6, 6.07) is -0.0814. The van der Waals surface area contributed by atoms with E-state index in [1.807, 2.05) is 6.92 Å². The van der Waals surface area contributed by atoms with Gasteiger partial charge in [-0.2, -0.15) is 11.8 Å². The van der Waals surface area contributed by atoms with Crippen LogP contribution in [0.25, 0.3) is 0 Å². The first kappa shape index (κ1) is 10.6. The van der Waals surface area contributed by atoms with Crippen molar-refractivity contribution < 1.29 is 9.90 Å². The molecule has 2 atom stereocenters. The predicted octanol–water partition coefficient (Wildman–Crippen LogP) is 0.545. The molecule has 1 heterocycles. The van der Waals surface area contributed by atoms with Crippen molar-refractivity contribution in [1.29, 1.82) is 0 Å². The normalized spacial score (nSPS) is 29.7. The summed E-state index contributed by atoms with van der Waals surface area (Å²) in [7, 11) is 0. The highest BCUT2D eigenvalue weighted by molar-refractivity contribution is 7.99. The van der Waals surface area contributed by atoms with Crippen LogP contribution in [0.15, 0.2) is 12.7 Å². The fourth-order valence-electron chi connectivity index (χ4n) is 1.13. The van der Waals surface area contributed by atoms with Gasteiger partial charge in [-0.05, 0) is 19.1 Å². The minimum absolute atomic E-state index is 0.0814. The molecule has 0 aliphatic carbocycles. The van der Waals surface area contributed by atoms with Crippen LogP contribution in [-0.2, 0) is 4.79 Å². The lowest BCUT2D eigenvalue weighted by molar-refractivity contribution is -0.137. The molecule has 0 spiro atoms. The molecule has 1 rings (SSSR count). The number of hydrogen-bond acceptors (Lipinski definition) is 3. The van der Waals surface area contributed by atoms with Crippen LogP contribution in [0.4, 0.5) is 0 Å². The second-order valence-corrected chi connectivity index (χ2v) is 4.44. The van der Waals surface area contributed by atoms with Gasteiger partial charge in [0.1, 0.15) is 0 Å². The van der Waals surface area contributed by atoms with Gasteiger partial charge in [-0.1, -0.05) is 6.08 Å². The highest BCUT2D eigenvalue weighted by Gasteiger charge is 2.39. The van der Waals surface area contributed by atoms with Gasteiger partial charge >= 0.3 is 0 Å². The summed E-state index contributed by atoms with van der Waals surface area (Å²) in [5.74, 6) is 1.08. The summed E-state index contributed by atoms with van der Waals surface area (Å²) in [6.45, 7) is 5.39. The quantitative estimate of drug-likeness (QED) is 0.655. The zero-order valence-electron chi connectivity index (χ0n) is 7.75. The maximum absolute atomic E-state index is 11.5. The lowest BCUT2D eigenvalue weighted by Gasteiger charge is -2.21. The molecule has 0 saturated carbocycles. The van der Waals surface area contributed by atoms with Crippen molar-refractivity contribution in [3.8, 4) is 0 Å². The molecule has 0 bridgehead atoms. The molecular formula is C9H15NO2S. The predicted molar refractivity (Wildman–Crippen MR) is 54.7 cm³/mol. The van der Waals surface area contributed by atoms with Crippen molar-refractivity contribution in [3.05, 3.63) is 12.7 Å². The Morgan fingerprint density at radius 3 is 3.00 bits per heavy atom. The zero-order valence-corrected chi connectivity index (χ0v) is 8.56. The molecule has 74 valence electrons. The van der Waals surface area contributed by atoms with Gasteiger partial charge in [0.2, 0.25) is 0 Å². The number of hydrogen-bond donors (Lipinski definition) is 2. The molecule has 0 aromatic heterocycles. The summed E-state index contributed by atoms with van der Waals surface area (Å²) in [4.78, 5) is 11.5. The Morgan fingerprint density at radius 2 is 2.54 bits per heavy atom. The molecule has 13 heavy (non-hydrogen) atoms. The van der Waals surface area contributed by atoms with Gasteiger partial charge in [-0.3, -0.25) is 4.79 Å². The fraction of sp³-hybridized carbons (Fsp3) is 0.667. The van der Waals surface area contributed by atoms with Gasteiger partial charge in [-0.15, -0.1) is 6.58 Å². The molecule has 1 fully saturated rings. The molecule has 0 aromatic rings. The molecule has 1 amide bonds. The maximum atomic E-state index is 11.5. The first-order valence-corrected chi connectivity index (χ1v) is 5.47. The van der Waals surface area contributed by atoms with E-state index in [1.165, 1.54) is 0 Å². The second kappa shape index (κ2) is 4.15. The summed E-state index contributed by atoms with van der Waals surface area (Å²) in [5.41, 5.74) is -1.15. The van der Waals surface area contributed by atoms with Crippen LogP contribution in [0.5, 0.6) is 0 Å². The lowest BCUT2D eigenvalue weighted by atomic mass is 10.0. The molecule has 0 radical (unpaired) electrons. The molecule has 4 heteroatoms. The van der Waals surface area contributed by atoms with E-state index in [0.29, 0.717) is 12.2 Å². The third kappa shape index (κ3) is 2.48. The number of amides is 1. The van der Waals surface area contributed by atoms with Crippen molar-refractivity contribution >= 4 is 17.7 Å². The average molecular weight is 201 g/mol. The molecule has 3 nitrogen and oxygen atoms in total. The van der Waals surface area contributed by atoms with E-state index >= 15 is 0 Å². The van der Waals surface area contributed by atoms with Gasteiger partial charge in [0.25, 0.3) is 5.91 Å². The number of carbonyl (C=O) groups is 1. The molecule has 1 aliphatic heterocycles. The number of nitrogens with one attached hydrogen (secondary N) is 1. The number of thioether (sulfide) groups is 1. The molecule has 2 N–H and O–H groups in total. The number of rotatable bonds is 3. The van der Waals surface area contributed by atoms with Crippen LogP contribution in [-0.4, -0.2) is 34.2 Å². The van der Waals surface area contributed by atoms with E-state index in [1.54, 1.807) is 17.8 Å². The van der Waals surface area contributed by atoms with E-state index < -0.39 is 5.60 Å². The molecular weight excluding hydrogens is 186 g/mol. The van der Waals surface area contributed by atoms with E-state index in [2.05, 4.69) is 11.9 Å². The Bertz CT molecular complexity index is 212. The van der Waals surface area contributed by atoms with Crippen molar-refractivity contribution in [3.63, 3.8) is 0 Å². The van der Waals surface area contributed by atoms with Crippen LogP contribution in [0.1, 0.15) is 13.3 Å². The first-order chi connectivity index (χ1) is 6.08. The smallest absolute Gasteiger partial charge is 0.253 e. The first-order valence-electron chi connectivity index (χ1n) is 4.32. The van der Waals surface area contributed by atoms with Gasteiger partial charge < -0.3 is 10.4 Å². The van der Waals surface area contributed by atoms with Gasteiger partial charge in [0.05, 0.1) is 0 Å². The Morgan fingerprint density at radius 1 is 1.85 bits per heavy atom. The van der Waals surface area contributed by atoms with Gasteiger partial charge in [0, 0.05) is 11.8 Å². The largest absolute Gasteiger partial charge is 0.379 e. The van der Waals surface area contributed by atoms with Crippen molar-refractivity contribution in [1.82, 2.24) is 5.32 Å². The van der Waals surface area contributed by atoms with E-state index in [-0.39, 0.29) is 11.9 Å². The average Bonchev–Trinajstić information content (AvgIpc) is 2.53. The van der Waals surface area contributed by atoms with Crippen LogP contribution in [0.2, 0.25) is 0 Å². The monoisotopic (exact) mass is 201 g/mol. The Labute approximate surface area is 82.6 Å². The molecule has 1 saturated heterocycles. The van der Waals surface area contributed by atoms with Crippen molar-refractivity contribution in [2.45, 2.75) is 25.0 Å². The summed E-state index contributed by atoms with van der Waals surface area (Å²) < 4.78 is 0. The topological polar surface area (TPSA) is 49.3 Å². The van der Waals surface area contributed by atoms with Crippen LogP contribution in [0.3, 0.4) is 0 Å². The van der Waals surface area contributed by atoms with E-state index in [0.717, 1.165) is 5.75 Å². The summed E-state index contributed by atoms with van der Waals surface area (Å²) in [5, 5.41) is 12.5. The van der Waals surface area contributed by atoms with Crippen LogP contribution >= 0.6 is 11.8 Å². The number of carbonyl (C=O) groups excluding carboxylic acids is 1. The molecule has 0 aromatic carbocycles. The minimum Gasteiger partial charge on any atom is -0.379 e. The lowest BCUT2D eigenvalue weighted by Crippen LogP contribution is -2.49. The standard InChI is InChI=1S/C9H15NO2S/c1-3-7(2)10-8(11)9(12)4-5-13-6-9/h3,7,12H,1,4-6H2,2H3,(H,10,11). The summed E-state index contributed by atoms with van der Waals surface area (Å²) >= 11 is 1.61. The molecule has 1 aliphatic rings. The van der Waals surface area contributed by atoms with Gasteiger partial charge in [0.15, 0.2) is 5.60 Å². The SMILES string of the molecule is C=CC(C)NC(=O)C1(O)CCSC1. The maximum Gasteiger partial charge on any atom is 0.253 e. The minimum atomic E-state index is -1.15. The molecule has 2 unspecified atom stereocenters. The second-order valence-electron chi connectivity index (χ2n) is 3.33. The van der Waals surface area contributed by atoms with Gasteiger partial charge in [-0.25, -0.2) is 0 Å². The Hall–Kier alpha value is -0.480. The third-order valence-electron chi connectivity index (χ3n) is 2.14. The summed E-state index contributed by atoms with van der Waals surface area (Å²) in [6.07, 6.45) is 2.19. The Balaban J connectivity index is 2.51. The highest BCUT2D eigenvalue weighted by Crippen LogP contribution is 2.27.